The van der Waals surface area contributed by atoms with Crippen molar-refractivity contribution in [3.8, 4) is 0 Å². The summed E-state index contributed by atoms with van der Waals surface area (Å²) in [4.78, 5) is 0. The molecule has 0 saturated carbocycles. The van der Waals surface area contributed by atoms with E-state index in [1.165, 1.54) is 0 Å². The Labute approximate surface area is 127 Å². The Morgan fingerprint density at radius 2 is 1.45 bits per heavy atom. The molecule has 0 radical (unpaired) electrons. The first-order valence-corrected chi connectivity index (χ1v) is 8.09. The first-order valence-electron chi connectivity index (χ1n) is 8.09. The fourth-order valence-corrected chi connectivity index (χ4v) is 1.33. The summed E-state index contributed by atoms with van der Waals surface area (Å²) >= 11 is 0. The maximum atomic E-state index is 8.24. The predicted octanol–water partition coefficient (Wildman–Crippen LogP) is 3.85. The van der Waals surface area contributed by atoms with Gasteiger partial charge < -0.3 is 15.2 Å². The second kappa shape index (κ2) is 12.6. The van der Waals surface area contributed by atoms with Gasteiger partial charge in [-0.25, -0.2) is 0 Å². The molecule has 0 atom stereocenters. The van der Waals surface area contributed by atoms with Gasteiger partial charge in [0, 0.05) is 25.8 Å². The standard InChI is InChI=1S/C12H27NO.C5H12O/c1-10(2)7-8-14-12(5,6)9-13-11(3)4;1-5(2)3-4-6/h10-11,13H,7-9H2,1-6H3;5-6H,3-4H2,1-2H3. The molecule has 0 spiro atoms. The molecule has 0 fully saturated rings. The molecule has 20 heavy (non-hydrogen) atoms. The van der Waals surface area contributed by atoms with Gasteiger partial charge in [0.15, 0.2) is 0 Å². The van der Waals surface area contributed by atoms with Crippen LogP contribution in [0.25, 0.3) is 0 Å². The molecule has 0 aliphatic carbocycles. The first-order chi connectivity index (χ1) is 9.10. The Hall–Kier alpha value is -0.120. The van der Waals surface area contributed by atoms with Crippen LogP contribution in [-0.2, 0) is 4.74 Å². The van der Waals surface area contributed by atoms with E-state index in [0.717, 1.165) is 31.9 Å². The molecular weight excluding hydrogens is 250 g/mol. The van der Waals surface area contributed by atoms with Gasteiger partial charge in [-0.15, -0.1) is 0 Å². The molecule has 2 N–H and O–H groups in total. The van der Waals surface area contributed by atoms with Gasteiger partial charge in [0.1, 0.15) is 0 Å². The minimum absolute atomic E-state index is 0.0425. The summed E-state index contributed by atoms with van der Waals surface area (Å²) in [5.41, 5.74) is -0.0425. The number of aliphatic hydroxyl groups excluding tert-OH is 1. The number of rotatable bonds is 9. The van der Waals surface area contributed by atoms with Crippen LogP contribution in [0, 0.1) is 11.8 Å². The van der Waals surface area contributed by atoms with Crippen LogP contribution < -0.4 is 5.32 Å². The highest BCUT2D eigenvalue weighted by molar-refractivity contribution is 4.73. The summed E-state index contributed by atoms with van der Waals surface area (Å²) < 4.78 is 5.83. The lowest BCUT2D eigenvalue weighted by Crippen LogP contribution is -2.40. The lowest BCUT2D eigenvalue weighted by Gasteiger charge is -2.27. The third kappa shape index (κ3) is 20.2. The Morgan fingerprint density at radius 3 is 1.75 bits per heavy atom. The van der Waals surface area contributed by atoms with Crippen molar-refractivity contribution in [2.45, 2.75) is 79.9 Å². The van der Waals surface area contributed by atoms with Gasteiger partial charge in [0.05, 0.1) is 5.60 Å². The van der Waals surface area contributed by atoms with Crippen molar-refractivity contribution in [1.29, 1.82) is 0 Å². The van der Waals surface area contributed by atoms with E-state index in [-0.39, 0.29) is 5.60 Å². The van der Waals surface area contributed by atoms with Crippen LogP contribution in [0.3, 0.4) is 0 Å². The topological polar surface area (TPSA) is 41.5 Å². The van der Waals surface area contributed by atoms with Gasteiger partial charge >= 0.3 is 0 Å². The van der Waals surface area contributed by atoms with Gasteiger partial charge in [-0.3, -0.25) is 0 Å². The van der Waals surface area contributed by atoms with Crippen LogP contribution >= 0.6 is 0 Å². The summed E-state index contributed by atoms with van der Waals surface area (Å²) in [6.07, 6.45) is 2.07. The van der Waals surface area contributed by atoms with Gasteiger partial charge in [-0.05, 0) is 38.5 Å². The van der Waals surface area contributed by atoms with Crippen LogP contribution in [-0.4, -0.2) is 36.5 Å². The lowest BCUT2D eigenvalue weighted by atomic mass is 10.1. The lowest BCUT2D eigenvalue weighted by molar-refractivity contribution is -0.0218. The normalized spacial score (nSPS) is 12.0. The van der Waals surface area contributed by atoms with Gasteiger partial charge in [0.2, 0.25) is 0 Å². The molecule has 0 rings (SSSR count). The minimum Gasteiger partial charge on any atom is -0.396 e. The zero-order chi connectivity index (χ0) is 16.2. The first kappa shape index (κ1) is 22.2. The average Bonchev–Trinajstić information content (AvgIpc) is 2.26. The van der Waals surface area contributed by atoms with Gasteiger partial charge in [0.25, 0.3) is 0 Å². The highest BCUT2D eigenvalue weighted by Crippen LogP contribution is 2.10. The van der Waals surface area contributed by atoms with Crippen LogP contribution in [0.2, 0.25) is 0 Å². The van der Waals surface area contributed by atoms with Crippen molar-refractivity contribution in [3.05, 3.63) is 0 Å². The molecule has 0 saturated heterocycles. The molecule has 0 aromatic rings. The highest BCUT2D eigenvalue weighted by atomic mass is 16.5. The van der Waals surface area contributed by atoms with Gasteiger partial charge in [-0.1, -0.05) is 41.5 Å². The zero-order valence-electron chi connectivity index (χ0n) is 15.1. The molecule has 0 unspecified atom stereocenters. The number of hydrogen-bond acceptors (Lipinski definition) is 3. The Balaban J connectivity index is 0. The number of hydrogen-bond donors (Lipinski definition) is 2. The highest BCUT2D eigenvalue weighted by Gasteiger charge is 2.18. The van der Waals surface area contributed by atoms with E-state index < -0.39 is 0 Å². The Morgan fingerprint density at radius 1 is 0.950 bits per heavy atom. The molecule has 124 valence electrons. The number of ether oxygens (including phenoxy) is 1. The van der Waals surface area contributed by atoms with Crippen molar-refractivity contribution >= 4 is 0 Å². The average molecular weight is 290 g/mol. The SMILES string of the molecule is CC(C)CCO.CC(C)CCOC(C)(C)CNC(C)C. The second-order valence-electron chi connectivity index (χ2n) is 7.23. The largest absolute Gasteiger partial charge is 0.396 e. The van der Waals surface area contributed by atoms with E-state index in [0.29, 0.717) is 18.6 Å². The van der Waals surface area contributed by atoms with Crippen LogP contribution in [0.4, 0.5) is 0 Å². The molecule has 0 amide bonds. The van der Waals surface area contributed by atoms with E-state index in [9.17, 15) is 0 Å². The molecule has 3 nitrogen and oxygen atoms in total. The summed E-state index contributed by atoms with van der Waals surface area (Å²) in [5.74, 6) is 1.37. The number of aliphatic hydroxyl groups is 1. The van der Waals surface area contributed by atoms with Crippen LogP contribution in [0.15, 0.2) is 0 Å². The van der Waals surface area contributed by atoms with Crippen molar-refractivity contribution in [1.82, 2.24) is 5.32 Å². The second-order valence-corrected chi connectivity index (χ2v) is 7.23. The summed E-state index contributed by atoms with van der Waals surface area (Å²) in [6.45, 7) is 19.3. The van der Waals surface area contributed by atoms with Crippen molar-refractivity contribution < 1.29 is 9.84 Å². The van der Waals surface area contributed by atoms with Crippen LogP contribution in [0.1, 0.15) is 68.2 Å². The van der Waals surface area contributed by atoms with Crippen molar-refractivity contribution in [2.75, 3.05) is 19.8 Å². The van der Waals surface area contributed by atoms with E-state index in [4.69, 9.17) is 9.84 Å². The molecule has 0 aliphatic heterocycles. The fraction of sp³-hybridized carbons (Fsp3) is 1.00. The zero-order valence-corrected chi connectivity index (χ0v) is 15.1. The van der Waals surface area contributed by atoms with Crippen molar-refractivity contribution in [3.63, 3.8) is 0 Å². The molecular formula is C17H39NO2. The number of nitrogens with one attached hydrogen (secondary N) is 1. The molecule has 0 bridgehead atoms. The summed E-state index contributed by atoms with van der Waals surface area (Å²) in [5, 5.41) is 11.6. The fourth-order valence-electron chi connectivity index (χ4n) is 1.33. The molecule has 0 aliphatic rings. The minimum atomic E-state index is -0.0425. The summed E-state index contributed by atoms with van der Waals surface area (Å²) in [6, 6.07) is 0.531. The van der Waals surface area contributed by atoms with E-state index in [2.05, 4.69) is 60.7 Å². The Kier molecular flexibility index (Phi) is 14.0. The molecule has 0 aromatic carbocycles. The molecule has 0 heterocycles. The van der Waals surface area contributed by atoms with E-state index in [1.807, 2.05) is 0 Å². The smallest absolute Gasteiger partial charge is 0.0750 e. The van der Waals surface area contributed by atoms with E-state index in [1.54, 1.807) is 0 Å². The Bertz CT molecular complexity index is 201. The molecule has 3 heteroatoms. The maximum Gasteiger partial charge on any atom is 0.0750 e. The third-order valence-electron chi connectivity index (χ3n) is 2.83. The third-order valence-corrected chi connectivity index (χ3v) is 2.83. The quantitative estimate of drug-likeness (QED) is 0.677. The van der Waals surface area contributed by atoms with E-state index >= 15 is 0 Å². The van der Waals surface area contributed by atoms with Crippen molar-refractivity contribution in [2.24, 2.45) is 11.8 Å². The predicted molar refractivity (Wildman–Crippen MR) is 89.2 cm³/mol. The monoisotopic (exact) mass is 289 g/mol. The molecule has 0 aromatic heterocycles. The van der Waals surface area contributed by atoms with Gasteiger partial charge in [-0.2, -0.15) is 0 Å². The summed E-state index contributed by atoms with van der Waals surface area (Å²) in [7, 11) is 0. The maximum absolute atomic E-state index is 8.24. The van der Waals surface area contributed by atoms with Crippen LogP contribution in [0.5, 0.6) is 0 Å².